The first-order chi connectivity index (χ1) is 20.5. The molecule has 1 fully saturated rings. The Morgan fingerprint density at radius 2 is 1.36 bits per heavy atom. The van der Waals surface area contributed by atoms with Crippen LogP contribution in [0.15, 0.2) is 91.0 Å². The van der Waals surface area contributed by atoms with Gasteiger partial charge < -0.3 is 33.9 Å². The minimum absolute atomic E-state index is 0.450. The van der Waals surface area contributed by atoms with Crippen molar-refractivity contribution >= 4 is 5.97 Å². The Morgan fingerprint density at radius 1 is 0.762 bits per heavy atom. The molecule has 0 bridgehead atoms. The summed E-state index contributed by atoms with van der Waals surface area (Å²) in [6.45, 7) is 1.01. The molecular weight excluding hydrogens is 536 g/mol. The van der Waals surface area contributed by atoms with Crippen LogP contribution in [0.2, 0.25) is 0 Å². The number of rotatable bonds is 9. The van der Waals surface area contributed by atoms with E-state index in [9.17, 15) is 15.0 Å². The van der Waals surface area contributed by atoms with E-state index in [0.717, 1.165) is 11.1 Å². The van der Waals surface area contributed by atoms with Crippen molar-refractivity contribution in [2.45, 2.75) is 18.1 Å². The van der Waals surface area contributed by atoms with E-state index in [1.165, 1.54) is 0 Å². The Labute approximate surface area is 244 Å². The van der Waals surface area contributed by atoms with E-state index in [1.54, 1.807) is 32.4 Å². The number of hydrogen-bond acceptors (Lipinski definition) is 7. The number of aliphatic carboxylic acids is 1. The average Bonchev–Trinajstić information content (AvgIpc) is 3.00. The molecule has 1 aliphatic carbocycles. The van der Waals surface area contributed by atoms with Crippen LogP contribution in [0.25, 0.3) is 11.1 Å². The number of fused-ring (bicyclic) bond motifs is 1. The highest BCUT2D eigenvalue weighted by Gasteiger charge is 2.60. The van der Waals surface area contributed by atoms with Crippen LogP contribution in [-0.4, -0.2) is 49.9 Å². The van der Waals surface area contributed by atoms with Crippen molar-refractivity contribution in [3.63, 3.8) is 0 Å². The lowest BCUT2D eigenvalue weighted by molar-refractivity contribution is -0.165. The number of aliphatic hydroxyl groups excluding tert-OH is 1. The highest BCUT2D eigenvalue weighted by atomic mass is 16.6. The first-order valence-corrected chi connectivity index (χ1v) is 13.8. The van der Waals surface area contributed by atoms with Gasteiger partial charge in [0.1, 0.15) is 30.5 Å². The molecule has 0 aromatic heterocycles. The van der Waals surface area contributed by atoms with Crippen molar-refractivity contribution in [3.05, 3.63) is 102 Å². The van der Waals surface area contributed by atoms with Crippen molar-refractivity contribution < 1.29 is 38.7 Å². The largest absolute Gasteiger partial charge is 0.496 e. The highest BCUT2D eigenvalue weighted by Crippen LogP contribution is 2.61. The van der Waals surface area contributed by atoms with Crippen LogP contribution < -0.4 is 23.7 Å². The standard InChI is InChI=1S/C34H32O8/c1-38-25-12-5-3-10-23(25)29-31(33(35)36)30(24-11-4-6-13-26(24)39-2)32(29)34(37)42-22-9-7-8-20(18-22)21-14-15-27-28(19-21)41-17-16-40-27/h3-15,18-19,29-32,34,37H,16-17H2,1-2H3,(H,35,36)/t29-,30?,31?,32-,34?/m0/s1. The van der Waals surface area contributed by atoms with Gasteiger partial charge in [0, 0.05) is 17.8 Å². The molecule has 6 rings (SSSR count). The number of para-hydroxylation sites is 2. The van der Waals surface area contributed by atoms with E-state index in [2.05, 4.69) is 0 Å². The monoisotopic (exact) mass is 568 g/mol. The van der Waals surface area contributed by atoms with Gasteiger partial charge in [-0.3, -0.25) is 4.79 Å². The van der Waals surface area contributed by atoms with Crippen LogP contribution in [0, 0.1) is 11.8 Å². The van der Waals surface area contributed by atoms with E-state index >= 15 is 0 Å². The predicted molar refractivity (Wildman–Crippen MR) is 156 cm³/mol. The molecule has 1 saturated carbocycles. The number of aliphatic hydroxyl groups is 1. The number of carboxylic acid groups (broad SMARTS) is 1. The molecule has 1 heterocycles. The molecule has 2 N–H and O–H groups in total. The predicted octanol–water partition coefficient (Wildman–Crippen LogP) is 5.74. The fraction of sp³-hybridized carbons (Fsp3) is 0.265. The third-order valence-corrected chi connectivity index (χ3v) is 8.18. The van der Waals surface area contributed by atoms with Gasteiger partial charge >= 0.3 is 5.97 Å². The van der Waals surface area contributed by atoms with Gasteiger partial charge in [-0.25, -0.2) is 0 Å². The molecule has 8 nitrogen and oxygen atoms in total. The van der Waals surface area contributed by atoms with Crippen LogP contribution in [0.1, 0.15) is 23.0 Å². The lowest BCUT2D eigenvalue weighted by Gasteiger charge is -2.52. The van der Waals surface area contributed by atoms with Crippen molar-refractivity contribution in [3.8, 4) is 39.9 Å². The Hall–Kier alpha value is -4.69. The van der Waals surface area contributed by atoms with Crippen molar-refractivity contribution in [2.75, 3.05) is 27.4 Å². The van der Waals surface area contributed by atoms with Crippen LogP contribution in [0.4, 0.5) is 0 Å². The third-order valence-electron chi connectivity index (χ3n) is 8.18. The summed E-state index contributed by atoms with van der Waals surface area (Å²) >= 11 is 0. The number of methoxy groups -OCH3 is 2. The minimum atomic E-state index is -1.33. The second kappa shape index (κ2) is 11.7. The molecule has 4 aromatic rings. The van der Waals surface area contributed by atoms with E-state index in [-0.39, 0.29) is 0 Å². The molecule has 42 heavy (non-hydrogen) atoms. The number of hydrogen-bond donors (Lipinski definition) is 2. The van der Waals surface area contributed by atoms with Crippen LogP contribution in [-0.2, 0) is 4.79 Å². The Balaban J connectivity index is 1.36. The van der Waals surface area contributed by atoms with Gasteiger partial charge in [-0.2, -0.15) is 0 Å². The maximum absolute atomic E-state index is 12.8. The van der Waals surface area contributed by atoms with Crippen LogP contribution >= 0.6 is 0 Å². The zero-order valence-electron chi connectivity index (χ0n) is 23.3. The summed E-state index contributed by atoms with van der Waals surface area (Å²) in [4.78, 5) is 12.8. The molecule has 0 spiro atoms. The molecule has 1 aliphatic heterocycles. The zero-order valence-corrected chi connectivity index (χ0v) is 23.3. The molecule has 3 unspecified atom stereocenters. The van der Waals surface area contributed by atoms with Gasteiger partial charge in [0.15, 0.2) is 11.5 Å². The molecule has 216 valence electrons. The van der Waals surface area contributed by atoms with Gasteiger partial charge in [0.2, 0.25) is 6.29 Å². The van der Waals surface area contributed by atoms with Crippen LogP contribution in [0.5, 0.6) is 28.7 Å². The molecule has 8 heteroatoms. The summed E-state index contributed by atoms with van der Waals surface area (Å²) in [7, 11) is 3.10. The lowest BCUT2D eigenvalue weighted by Crippen LogP contribution is -2.53. The van der Waals surface area contributed by atoms with Crippen molar-refractivity contribution in [2.24, 2.45) is 11.8 Å². The second-order valence-electron chi connectivity index (χ2n) is 10.4. The van der Waals surface area contributed by atoms with E-state index < -0.39 is 35.9 Å². The Kier molecular flexibility index (Phi) is 7.63. The normalized spacial score (nSPS) is 21.5. The van der Waals surface area contributed by atoms with E-state index in [0.29, 0.717) is 53.1 Å². The average molecular weight is 569 g/mol. The first kappa shape index (κ1) is 27.5. The zero-order chi connectivity index (χ0) is 29.2. The molecular formula is C34H32O8. The Morgan fingerprint density at radius 3 is 1.98 bits per heavy atom. The number of carbonyl (C=O) groups is 1. The molecule has 4 aromatic carbocycles. The summed E-state index contributed by atoms with van der Waals surface area (Å²) in [6.07, 6.45) is -1.33. The second-order valence-corrected chi connectivity index (χ2v) is 10.4. The molecule has 0 radical (unpaired) electrons. The van der Waals surface area contributed by atoms with Crippen molar-refractivity contribution in [1.29, 1.82) is 0 Å². The van der Waals surface area contributed by atoms with Crippen molar-refractivity contribution in [1.82, 2.24) is 0 Å². The lowest BCUT2D eigenvalue weighted by atomic mass is 9.52. The highest BCUT2D eigenvalue weighted by molar-refractivity contribution is 5.76. The summed E-state index contributed by atoms with van der Waals surface area (Å²) in [5, 5.41) is 22.1. The summed E-state index contributed by atoms with van der Waals surface area (Å²) in [5.74, 6) is -0.628. The van der Waals surface area contributed by atoms with Crippen LogP contribution in [0.3, 0.4) is 0 Å². The minimum Gasteiger partial charge on any atom is -0.496 e. The summed E-state index contributed by atoms with van der Waals surface area (Å²) in [6, 6.07) is 27.8. The maximum atomic E-state index is 12.8. The van der Waals surface area contributed by atoms with E-state index in [4.69, 9.17) is 23.7 Å². The maximum Gasteiger partial charge on any atom is 0.307 e. The smallest absolute Gasteiger partial charge is 0.307 e. The van der Waals surface area contributed by atoms with Gasteiger partial charge in [-0.15, -0.1) is 0 Å². The van der Waals surface area contributed by atoms with Gasteiger partial charge in [-0.05, 0) is 58.7 Å². The number of ether oxygens (including phenoxy) is 5. The molecule has 0 saturated heterocycles. The topological polar surface area (TPSA) is 104 Å². The van der Waals surface area contributed by atoms with Gasteiger partial charge in [-0.1, -0.05) is 54.6 Å². The van der Waals surface area contributed by atoms with E-state index in [1.807, 2.05) is 72.8 Å². The molecule has 0 amide bonds. The fourth-order valence-corrected chi connectivity index (χ4v) is 6.32. The van der Waals surface area contributed by atoms with Gasteiger partial charge in [0.05, 0.1) is 20.1 Å². The summed E-state index contributed by atoms with van der Waals surface area (Å²) in [5.41, 5.74) is 3.19. The Bertz CT molecular complexity index is 1530. The first-order valence-electron chi connectivity index (χ1n) is 13.8. The SMILES string of the molecule is COc1ccccc1C1C(C(=O)O)[C@H](c2ccccc2OC)[C@@H]1C(O)Oc1cccc(-c2ccc3c(c2)OCCO3)c1. The number of benzene rings is 4. The summed E-state index contributed by atoms with van der Waals surface area (Å²) < 4.78 is 28.8. The fourth-order valence-electron chi connectivity index (χ4n) is 6.32. The number of carboxylic acids is 1. The quantitative estimate of drug-likeness (QED) is 0.247. The molecule has 2 aliphatic rings. The van der Waals surface area contributed by atoms with Gasteiger partial charge in [0.25, 0.3) is 0 Å². The molecule has 5 atom stereocenters. The third kappa shape index (κ3) is 4.99.